The van der Waals surface area contributed by atoms with Crippen LogP contribution in [0.5, 0.6) is 0 Å². The van der Waals surface area contributed by atoms with E-state index in [-0.39, 0.29) is 28.8 Å². The van der Waals surface area contributed by atoms with E-state index in [1.807, 2.05) is 13.8 Å². The lowest BCUT2D eigenvalue weighted by molar-refractivity contribution is -0.121. The Kier molecular flexibility index (Phi) is 6.35. The molecule has 1 amide bonds. The minimum atomic E-state index is -3.76. The quantitative estimate of drug-likeness (QED) is 0.738. The van der Waals surface area contributed by atoms with Crippen LogP contribution in [0, 0.1) is 18.7 Å². The van der Waals surface area contributed by atoms with E-state index in [0.29, 0.717) is 11.3 Å². The molecule has 0 aliphatic heterocycles. The van der Waals surface area contributed by atoms with Gasteiger partial charge in [-0.15, -0.1) is 11.3 Å². The van der Waals surface area contributed by atoms with Crippen LogP contribution < -0.4 is 5.32 Å². The number of nitrogens with one attached hydrogen (secondary N) is 1. The maximum absolute atomic E-state index is 13.5. The van der Waals surface area contributed by atoms with Crippen LogP contribution >= 0.6 is 11.3 Å². The SMILES string of the molecule is Cc1cc(S(=O)(=O)[C@H](CNC(=O)CC(C)C)c2cccs2)ccc1F. The Balaban J connectivity index is 2.31. The van der Waals surface area contributed by atoms with E-state index in [1.165, 1.54) is 30.4 Å². The molecule has 0 fully saturated rings. The van der Waals surface area contributed by atoms with Crippen molar-refractivity contribution in [1.82, 2.24) is 5.32 Å². The zero-order valence-corrected chi connectivity index (χ0v) is 16.1. The third kappa shape index (κ3) is 4.89. The van der Waals surface area contributed by atoms with Gasteiger partial charge in [-0.25, -0.2) is 12.8 Å². The first-order valence-corrected chi connectivity index (χ1v) is 10.4. The Morgan fingerprint density at radius 1 is 1.28 bits per heavy atom. The molecule has 25 heavy (non-hydrogen) atoms. The molecular weight excluding hydrogens is 361 g/mol. The van der Waals surface area contributed by atoms with Crippen molar-refractivity contribution in [2.24, 2.45) is 5.92 Å². The first-order valence-electron chi connectivity index (χ1n) is 8.02. The van der Waals surface area contributed by atoms with Gasteiger partial charge in [0.15, 0.2) is 9.84 Å². The van der Waals surface area contributed by atoms with Crippen molar-refractivity contribution < 1.29 is 17.6 Å². The molecule has 1 atom stereocenters. The Labute approximate surface area is 152 Å². The summed E-state index contributed by atoms with van der Waals surface area (Å²) in [5, 5.41) is 3.62. The number of benzene rings is 1. The normalized spacial score (nSPS) is 13.0. The van der Waals surface area contributed by atoms with Gasteiger partial charge in [0.1, 0.15) is 11.1 Å². The number of sulfone groups is 1. The average Bonchev–Trinajstić information content (AvgIpc) is 3.03. The van der Waals surface area contributed by atoms with Crippen LogP contribution in [0.25, 0.3) is 0 Å². The number of thiophene rings is 1. The monoisotopic (exact) mass is 383 g/mol. The summed E-state index contributed by atoms with van der Waals surface area (Å²) in [5.74, 6) is -0.435. The van der Waals surface area contributed by atoms with Gasteiger partial charge in [0.05, 0.1) is 4.90 Å². The van der Waals surface area contributed by atoms with E-state index in [2.05, 4.69) is 5.32 Å². The first-order chi connectivity index (χ1) is 11.7. The van der Waals surface area contributed by atoms with Crippen molar-refractivity contribution in [3.8, 4) is 0 Å². The number of amides is 1. The molecule has 0 aliphatic rings. The van der Waals surface area contributed by atoms with E-state index >= 15 is 0 Å². The molecule has 1 aromatic heterocycles. The van der Waals surface area contributed by atoms with Gasteiger partial charge in [0, 0.05) is 17.8 Å². The summed E-state index contributed by atoms with van der Waals surface area (Å²) in [6.45, 7) is 5.37. The zero-order chi connectivity index (χ0) is 18.6. The Morgan fingerprint density at radius 2 is 2.00 bits per heavy atom. The highest BCUT2D eigenvalue weighted by molar-refractivity contribution is 7.91. The summed E-state index contributed by atoms with van der Waals surface area (Å²) < 4.78 is 39.6. The molecular formula is C18H22FNO3S2. The van der Waals surface area contributed by atoms with Crippen molar-refractivity contribution in [3.63, 3.8) is 0 Å². The highest BCUT2D eigenvalue weighted by Crippen LogP contribution is 2.32. The average molecular weight is 384 g/mol. The summed E-state index contributed by atoms with van der Waals surface area (Å²) in [7, 11) is -3.76. The van der Waals surface area contributed by atoms with Gasteiger partial charge in [0.2, 0.25) is 5.91 Å². The van der Waals surface area contributed by atoms with Crippen molar-refractivity contribution in [2.45, 2.75) is 37.3 Å². The Hall–Kier alpha value is -1.73. The van der Waals surface area contributed by atoms with Crippen LogP contribution in [0.2, 0.25) is 0 Å². The molecule has 2 rings (SSSR count). The van der Waals surface area contributed by atoms with Crippen LogP contribution in [0.4, 0.5) is 4.39 Å². The number of hydrogen-bond donors (Lipinski definition) is 1. The second-order valence-corrected chi connectivity index (χ2v) is 9.47. The van der Waals surface area contributed by atoms with Crippen molar-refractivity contribution in [1.29, 1.82) is 0 Å². The molecule has 0 radical (unpaired) electrons. The maximum Gasteiger partial charge on any atom is 0.220 e. The third-order valence-corrected chi connectivity index (χ3v) is 6.99. The smallest absolute Gasteiger partial charge is 0.220 e. The molecule has 0 saturated heterocycles. The predicted octanol–water partition coefficient (Wildman–Crippen LogP) is 3.87. The van der Waals surface area contributed by atoms with E-state index in [0.717, 1.165) is 6.07 Å². The molecule has 0 saturated carbocycles. The first kappa shape index (κ1) is 19.6. The van der Waals surface area contributed by atoms with E-state index < -0.39 is 20.9 Å². The third-order valence-electron chi connectivity index (χ3n) is 3.77. The van der Waals surface area contributed by atoms with Crippen molar-refractivity contribution in [2.75, 3.05) is 6.54 Å². The van der Waals surface area contributed by atoms with Gasteiger partial charge in [0.25, 0.3) is 0 Å². The van der Waals surface area contributed by atoms with Gasteiger partial charge in [-0.2, -0.15) is 0 Å². The number of rotatable bonds is 7. The van der Waals surface area contributed by atoms with E-state index in [1.54, 1.807) is 17.5 Å². The van der Waals surface area contributed by atoms with Crippen LogP contribution in [0.15, 0.2) is 40.6 Å². The molecule has 2 aromatic rings. The van der Waals surface area contributed by atoms with Crippen LogP contribution in [0.3, 0.4) is 0 Å². The summed E-state index contributed by atoms with van der Waals surface area (Å²) in [6, 6.07) is 7.27. The van der Waals surface area contributed by atoms with Gasteiger partial charge in [-0.1, -0.05) is 19.9 Å². The summed E-state index contributed by atoms with van der Waals surface area (Å²) >= 11 is 1.32. The lowest BCUT2D eigenvalue weighted by Crippen LogP contribution is -2.32. The van der Waals surface area contributed by atoms with Gasteiger partial charge < -0.3 is 5.32 Å². The van der Waals surface area contributed by atoms with Crippen molar-refractivity contribution >= 4 is 27.1 Å². The van der Waals surface area contributed by atoms with E-state index in [4.69, 9.17) is 0 Å². The Morgan fingerprint density at radius 3 is 2.56 bits per heavy atom. The minimum Gasteiger partial charge on any atom is -0.354 e. The molecule has 1 aromatic carbocycles. The van der Waals surface area contributed by atoms with Gasteiger partial charge in [-0.05, 0) is 48.1 Å². The Bertz CT molecular complexity index is 830. The van der Waals surface area contributed by atoms with Crippen LogP contribution in [-0.2, 0) is 14.6 Å². The fraction of sp³-hybridized carbons (Fsp3) is 0.389. The van der Waals surface area contributed by atoms with Crippen LogP contribution in [-0.4, -0.2) is 20.9 Å². The summed E-state index contributed by atoms with van der Waals surface area (Å²) in [6.07, 6.45) is 0.340. The second-order valence-electron chi connectivity index (χ2n) is 6.36. The fourth-order valence-electron chi connectivity index (χ4n) is 2.45. The molecule has 1 N–H and O–H groups in total. The largest absolute Gasteiger partial charge is 0.354 e. The van der Waals surface area contributed by atoms with Crippen molar-refractivity contribution in [3.05, 3.63) is 52.0 Å². The zero-order valence-electron chi connectivity index (χ0n) is 14.5. The summed E-state index contributed by atoms with van der Waals surface area (Å²) in [4.78, 5) is 12.6. The topological polar surface area (TPSA) is 63.2 Å². The number of aryl methyl sites for hydroxylation is 1. The minimum absolute atomic E-state index is 0.00910. The molecule has 0 unspecified atom stereocenters. The predicted molar refractivity (Wildman–Crippen MR) is 97.8 cm³/mol. The van der Waals surface area contributed by atoms with Crippen LogP contribution in [0.1, 0.15) is 36.0 Å². The molecule has 136 valence electrons. The van der Waals surface area contributed by atoms with Gasteiger partial charge in [-0.3, -0.25) is 4.79 Å². The molecule has 7 heteroatoms. The number of carbonyl (C=O) groups is 1. The number of halogens is 1. The lowest BCUT2D eigenvalue weighted by atomic mass is 10.1. The molecule has 0 aliphatic carbocycles. The van der Waals surface area contributed by atoms with E-state index in [9.17, 15) is 17.6 Å². The van der Waals surface area contributed by atoms with Gasteiger partial charge >= 0.3 is 0 Å². The maximum atomic E-state index is 13.5. The summed E-state index contributed by atoms with van der Waals surface area (Å²) in [5.41, 5.74) is 0.273. The molecule has 4 nitrogen and oxygen atoms in total. The standard InChI is InChI=1S/C18H22FNO3S2/c1-12(2)9-18(21)20-11-17(16-5-4-8-24-16)25(22,23)14-6-7-15(19)13(3)10-14/h4-8,10,12,17H,9,11H2,1-3H3,(H,20,21)/t17-/m1/s1. The molecule has 1 heterocycles. The molecule has 0 bridgehead atoms. The second kappa shape index (κ2) is 8.10. The number of carbonyl (C=O) groups excluding carboxylic acids is 1. The highest BCUT2D eigenvalue weighted by atomic mass is 32.2. The lowest BCUT2D eigenvalue weighted by Gasteiger charge is -2.18. The molecule has 0 spiro atoms. The fourth-order valence-corrected chi connectivity index (χ4v) is 5.31. The highest BCUT2D eigenvalue weighted by Gasteiger charge is 2.30. The number of hydrogen-bond acceptors (Lipinski definition) is 4.